The van der Waals surface area contributed by atoms with Crippen LogP contribution in [0, 0.1) is 5.92 Å². The monoisotopic (exact) mass is 557 g/mol. The number of hydrogen-bond donors (Lipinski definition) is 0. The second-order valence-electron chi connectivity index (χ2n) is 8.45. The molecule has 0 radical (unpaired) electrons. The molecule has 2 atom stereocenters. The fourth-order valence-corrected chi connectivity index (χ4v) is 4.62. The van der Waals surface area contributed by atoms with E-state index in [0.29, 0.717) is 11.1 Å². The van der Waals surface area contributed by atoms with E-state index in [0.717, 1.165) is 24.5 Å². The Morgan fingerprint density at radius 3 is 2.53 bits per heavy atom. The molecule has 0 aromatic heterocycles. The molecule has 0 saturated heterocycles. The van der Waals surface area contributed by atoms with Crippen molar-refractivity contribution < 1.29 is 27.4 Å². The van der Waals surface area contributed by atoms with Crippen LogP contribution in [0.3, 0.4) is 0 Å². The average Bonchev–Trinajstić information content (AvgIpc) is 3.64. The van der Waals surface area contributed by atoms with E-state index in [1.54, 1.807) is 37.5 Å². The lowest BCUT2D eigenvalue weighted by Crippen LogP contribution is -2.47. The van der Waals surface area contributed by atoms with Crippen LogP contribution < -0.4 is 9.64 Å². The highest BCUT2D eigenvalue weighted by Crippen LogP contribution is 2.51. The summed E-state index contributed by atoms with van der Waals surface area (Å²) >= 11 is 9.45. The first kappa shape index (κ1) is 25.1. The lowest BCUT2D eigenvalue weighted by molar-refractivity contribution is -0.272. The highest BCUT2D eigenvalue weighted by atomic mass is 79.9. The Hall–Kier alpha value is -2.03. The number of benzene rings is 2. The smallest absolute Gasteiger partial charge is 0.425 e. The van der Waals surface area contributed by atoms with E-state index in [1.165, 1.54) is 23.1 Å². The number of fused-ring (bicyclic) bond motifs is 1. The van der Waals surface area contributed by atoms with Gasteiger partial charge in [0.2, 0.25) is 5.60 Å². The molecule has 34 heavy (non-hydrogen) atoms. The maximum absolute atomic E-state index is 14.9. The number of hydrogen-bond acceptors (Lipinski definition) is 3. The van der Waals surface area contributed by atoms with Crippen LogP contribution in [-0.4, -0.2) is 30.6 Å². The highest BCUT2D eigenvalue weighted by Gasteiger charge is 2.60. The van der Waals surface area contributed by atoms with Crippen LogP contribution in [0.1, 0.15) is 30.4 Å². The first-order valence-corrected chi connectivity index (χ1v) is 12.4. The molecular weight excluding hydrogens is 535 g/mol. The molecule has 1 amide bonds. The average molecular weight is 559 g/mol. The van der Waals surface area contributed by atoms with E-state index in [4.69, 9.17) is 21.1 Å². The highest BCUT2D eigenvalue weighted by molar-refractivity contribution is 9.09. The van der Waals surface area contributed by atoms with Gasteiger partial charge in [0.05, 0.1) is 19.3 Å². The van der Waals surface area contributed by atoms with Gasteiger partial charge in [-0.1, -0.05) is 45.7 Å². The molecule has 1 fully saturated rings. The van der Waals surface area contributed by atoms with Crippen LogP contribution >= 0.6 is 27.5 Å². The van der Waals surface area contributed by atoms with E-state index >= 15 is 0 Å². The van der Waals surface area contributed by atoms with Crippen molar-refractivity contribution >= 4 is 39.1 Å². The molecule has 0 bridgehead atoms. The molecule has 182 valence electrons. The summed E-state index contributed by atoms with van der Waals surface area (Å²) in [5, 5.41) is 0.434. The molecule has 1 aliphatic heterocycles. The summed E-state index contributed by atoms with van der Waals surface area (Å²) in [6, 6.07) is 11.2. The molecule has 2 unspecified atom stereocenters. The van der Waals surface area contributed by atoms with Gasteiger partial charge in [-0.3, -0.25) is 4.79 Å². The summed E-state index contributed by atoms with van der Waals surface area (Å²) in [7, 11) is 1.54. The zero-order valence-electron chi connectivity index (χ0n) is 18.4. The number of rotatable bonds is 7. The van der Waals surface area contributed by atoms with Crippen molar-refractivity contribution in [2.45, 2.75) is 43.7 Å². The van der Waals surface area contributed by atoms with Gasteiger partial charge in [0, 0.05) is 15.9 Å². The predicted molar refractivity (Wildman–Crippen MR) is 129 cm³/mol. The van der Waals surface area contributed by atoms with Crippen LogP contribution in [0.4, 0.5) is 18.9 Å². The summed E-state index contributed by atoms with van der Waals surface area (Å²) in [5.74, 6) is 0.180. The number of carbonyl (C=O) groups excluding carboxylic acids is 1. The van der Waals surface area contributed by atoms with Crippen LogP contribution in [0.5, 0.6) is 5.75 Å². The van der Waals surface area contributed by atoms with E-state index in [9.17, 15) is 18.0 Å². The number of carbonyl (C=O) groups is 1. The van der Waals surface area contributed by atoms with Crippen LogP contribution in [0.25, 0.3) is 0 Å². The van der Waals surface area contributed by atoms with E-state index in [1.807, 2.05) is 0 Å². The van der Waals surface area contributed by atoms with Crippen molar-refractivity contribution in [2.75, 3.05) is 17.3 Å². The number of amides is 1. The van der Waals surface area contributed by atoms with E-state index in [-0.39, 0.29) is 35.2 Å². The zero-order valence-corrected chi connectivity index (χ0v) is 20.8. The Morgan fingerprint density at radius 2 is 1.94 bits per heavy atom. The summed E-state index contributed by atoms with van der Waals surface area (Å²) in [5.41, 5.74) is -2.13. The minimum absolute atomic E-state index is 0.0693. The minimum atomic E-state index is -4.82. The zero-order chi connectivity index (χ0) is 24.5. The fourth-order valence-electron chi connectivity index (χ4n) is 4.03. The third kappa shape index (κ3) is 4.99. The lowest BCUT2D eigenvalue weighted by Gasteiger charge is -2.35. The Balaban J connectivity index is 1.89. The van der Waals surface area contributed by atoms with Crippen molar-refractivity contribution in [1.82, 2.24) is 0 Å². The Kier molecular flexibility index (Phi) is 7.31. The van der Waals surface area contributed by atoms with Gasteiger partial charge in [-0.25, -0.2) is 0 Å². The third-order valence-corrected chi connectivity index (χ3v) is 6.73. The second kappa shape index (κ2) is 9.91. The third-order valence-electron chi connectivity index (χ3n) is 6.04. The molecule has 9 heteroatoms. The Bertz CT molecular complexity index is 1070. The summed E-state index contributed by atoms with van der Waals surface area (Å²) in [6.07, 6.45) is -1.76. The maximum atomic E-state index is 14.9. The minimum Gasteiger partial charge on any atom is -0.497 e. The molecule has 2 aromatic rings. The van der Waals surface area contributed by atoms with Gasteiger partial charge in [0.1, 0.15) is 11.9 Å². The van der Waals surface area contributed by atoms with Crippen molar-refractivity contribution in [1.29, 1.82) is 0 Å². The molecular formula is C25H24BrClF3NO3. The number of ether oxygens (including phenoxy) is 2. The van der Waals surface area contributed by atoms with Gasteiger partial charge >= 0.3 is 6.18 Å². The standard InChI is InChI=1S/C25H24BrClF3NO3/c1-33-19-7-4-17(5-8-19)15-31-21-9-6-18(27)14-20(21)24(25(28,29)30,12-10-16-2-3-16)34-22(11-13-26)23(31)32/h4-10,12,14,16,22H,2-3,11,13,15H2,1H3. The molecule has 1 heterocycles. The van der Waals surface area contributed by atoms with Crippen LogP contribution in [-0.2, 0) is 21.7 Å². The first-order chi connectivity index (χ1) is 16.2. The van der Waals surface area contributed by atoms with Gasteiger partial charge in [0.25, 0.3) is 5.91 Å². The molecule has 1 saturated carbocycles. The number of anilines is 1. The fraction of sp³-hybridized carbons (Fsp3) is 0.400. The van der Waals surface area contributed by atoms with Crippen LogP contribution in [0.15, 0.2) is 54.6 Å². The summed E-state index contributed by atoms with van der Waals surface area (Å²) in [4.78, 5) is 15.0. The van der Waals surface area contributed by atoms with Crippen molar-refractivity contribution in [2.24, 2.45) is 5.92 Å². The largest absolute Gasteiger partial charge is 0.497 e. The normalized spacial score (nSPS) is 23.2. The van der Waals surface area contributed by atoms with Gasteiger partial charge in [-0.05, 0) is 67.2 Å². The van der Waals surface area contributed by atoms with E-state index < -0.39 is 23.8 Å². The molecule has 4 nitrogen and oxygen atoms in total. The van der Waals surface area contributed by atoms with Gasteiger partial charge in [-0.2, -0.15) is 13.2 Å². The number of allylic oxidation sites excluding steroid dienone is 1. The summed E-state index contributed by atoms with van der Waals surface area (Å²) < 4.78 is 55.5. The molecule has 1 aliphatic carbocycles. The van der Waals surface area contributed by atoms with Gasteiger partial charge in [-0.15, -0.1) is 0 Å². The number of halogens is 5. The molecule has 4 rings (SSSR count). The molecule has 2 aliphatic rings. The van der Waals surface area contributed by atoms with Gasteiger partial charge in [0.15, 0.2) is 0 Å². The number of nitrogens with zero attached hydrogens (tertiary/aromatic N) is 1. The van der Waals surface area contributed by atoms with E-state index in [2.05, 4.69) is 15.9 Å². The second-order valence-corrected chi connectivity index (χ2v) is 9.68. The Labute approximate surface area is 209 Å². The molecule has 0 spiro atoms. The Morgan fingerprint density at radius 1 is 1.24 bits per heavy atom. The SMILES string of the molecule is COc1ccc(CN2C(=O)C(CCBr)OC(C=CC3CC3)(C(F)(F)F)c3cc(Cl)ccc32)cc1. The maximum Gasteiger partial charge on any atom is 0.425 e. The first-order valence-electron chi connectivity index (χ1n) is 10.9. The number of alkyl halides is 4. The van der Waals surface area contributed by atoms with Crippen molar-refractivity contribution in [3.05, 3.63) is 70.8 Å². The number of methoxy groups -OCH3 is 1. The van der Waals surface area contributed by atoms with Gasteiger partial charge < -0.3 is 14.4 Å². The lowest BCUT2D eigenvalue weighted by atomic mass is 9.89. The topological polar surface area (TPSA) is 38.8 Å². The molecule has 0 N–H and O–H groups in total. The van der Waals surface area contributed by atoms with Crippen LogP contribution in [0.2, 0.25) is 5.02 Å². The quantitative estimate of drug-likeness (QED) is 0.277. The van der Waals surface area contributed by atoms with Crippen molar-refractivity contribution in [3.63, 3.8) is 0 Å². The predicted octanol–water partition coefficient (Wildman–Crippen LogP) is 6.79. The molecule has 2 aromatic carbocycles. The summed E-state index contributed by atoms with van der Waals surface area (Å²) in [6.45, 7) is 0.0693. The van der Waals surface area contributed by atoms with Crippen molar-refractivity contribution in [3.8, 4) is 5.75 Å².